The molecule has 0 aromatic heterocycles. The van der Waals surface area contributed by atoms with Gasteiger partial charge in [-0.25, -0.2) is 0 Å². The Morgan fingerprint density at radius 1 is 1.19 bits per heavy atom. The van der Waals surface area contributed by atoms with E-state index in [2.05, 4.69) is 31.7 Å². The lowest BCUT2D eigenvalue weighted by molar-refractivity contribution is -0.932. The van der Waals surface area contributed by atoms with Crippen LogP contribution in [0.2, 0.25) is 0 Å². The van der Waals surface area contributed by atoms with Crippen LogP contribution in [-0.2, 0) is 0 Å². The standard InChI is InChI=1S/C22H31N3OS/c1-2-3-13-25(16-19(23)17-27)14-11-24(12-15-25)22(26)21-10-6-8-18-7-4-5-9-20(18)21/h4-10,19H,2-3,11-17,23H2,1H3/p+1/t19-/m1/s1. The van der Waals surface area contributed by atoms with Gasteiger partial charge in [0.25, 0.3) is 5.91 Å². The van der Waals surface area contributed by atoms with Gasteiger partial charge in [0, 0.05) is 11.3 Å². The van der Waals surface area contributed by atoms with E-state index >= 15 is 0 Å². The summed E-state index contributed by atoms with van der Waals surface area (Å²) in [7, 11) is 0. The number of quaternary nitrogens is 1. The van der Waals surface area contributed by atoms with Gasteiger partial charge in [-0.15, -0.1) is 0 Å². The molecule has 0 radical (unpaired) electrons. The Morgan fingerprint density at radius 2 is 1.89 bits per heavy atom. The first-order chi connectivity index (χ1) is 13.1. The topological polar surface area (TPSA) is 46.3 Å². The maximum Gasteiger partial charge on any atom is 0.254 e. The van der Waals surface area contributed by atoms with E-state index in [1.165, 1.54) is 12.8 Å². The largest absolute Gasteiger partial charge is 0.327 e. The molecule has 5 heteroatoms. The van der Waals surface area contributed by atoms with Gasteiger partial charge >= 0.3 is 0 Å². The second-order valence-electron chi connectivity index (χ2n) is 7.81. The van der Waals surface area contributed by atoms with E-state index in [0.717, 1.165) is 60.1 Å². The summed E-state index contributed by atoms with van der Waals surface area (Å²) in [6.07, 6.45) is 2.39. The maximum absolute atomic E-state index is 13.2. The van der Waals surface area contributed by atoms with Crippen molar-refractivity contribution in [3.8, 4) is 0 Å². The van der Waals surface area contributed by atoms with Crippen LogP contribution < -0.4 is 5.73 Å². The van der Waals surface area contributed by atoms with Crippen molar-refractivity contribution in [2.24, 2.45) is 5.73 Å². The van der Waals surface area contributed by atoms with E-state index in [4.69, 9.17) is 5.73 Å². The number of carbonyl (C=O) groups excluding carboxylic acids is 1. The van der Waals surface area contributed by atoms with Crippen molar-refractivity contribution in [2.75, 3.05) is 45.0 Å². The van der Waals surface area contributed by atoms with Crippen molar-refractivity contribution in [3.05, 3.63) is 48.0 Å². The molecule has 3 rings (SSSR count). The molecule has 4 nitrogen and oxygen atoms in total. The third-order valence-electron chi connectivity index (χ3n) is 5.84. The van der Waals surface area contributed by atoms with Crippen molar-refractivity contribution in [1.29, 1.82) is 0 Å². The van der Waals surface area contributed by atoms with Gasteiger partial charge < -0.3 is 15.1 Å². The van der Waals surface area contributed by atoms with Crippen LogP contribution in [0.25, 0.3) is 10.8 Å². The van der Waals surface area contributed by atoms with Crippen LogP contribution in [0.1, 0.15) is 30.1 Å². The van der Waals surface area contributed by atoms with E-state index in [1.807, 2.05) is 35.2 Å². The fourth-order valence-electron chi connectivity index (χ4n) is 4.22. The van der Waals surface area contributed by atoms with Crippen molar-refractivity contribution in [3.63, 3.8) is 0 Å². The summed E-state index contributed by atoms with van der Waals surface area (Å²) >= 11 is 4.38. The Kier molecular flexibility index (Phi) is 6.79. The number of amides is 1. The minimum Gasteiger partial charge on any atom is -0.327 e. The fraction of sp³-hybridized carbons (Fsp3) is 0.500. The highest BCUT2D eigenvalue weighted by molar-refractivity contribution is 7.80. The number of hydrogen-bond acceptors (Lipinski definition) is 3. The first-order valence-corrected chi connectivity index (χ1v) is 10.7. The SMILES string of the molecule is CCCC[N+]1(C[C@@H](N)CS)CCN(C(=O)c2cccc3ccccc23)CC1. The van der Waals surface area contributed by atoms with Gasteiger partial charge in [-0.2, -0.15) is 12.6 Å². The summed E-state index contributed by atoms with van der Waals surface area (Å²) in [6.45, 7) is 7.90. The highest BCUT2D eigenvalue weighted by atomic mass is 32.1. The molecule has 1 atom stereocenters. The summed E-state index contributed by atoms with van der Waals surface area (Å²) in [5, 5.41) is 2.16. The van der Waals surface area contributed by atoms with E-state index in [0.29, 0.717) is 5.75 Å². The second-order valence-corrected chi connectivity index (χ2v) is 8.18. The predicted octanol–water partition coefficient (Wildman–Crippen LogP) is 3.17. The quantitative estimate of drug-likeness (QED) is 0.567. The molecule has 2 aromatic rings. The Balaban J connectivity index is 1.74. The number of piperazine rings is 1. The van der Waals surface area contributed by atoms with Crippen LogP contribution in [0.3, 0.4) is 0 Å². The van der Waals surface area contributed by atoms with Gasteiger partial charge in [-0.3, -0.25) is 4.79 Å². The molecule has 0 saturated carbocycles. The first kappa shape index (κ1) is 20.2. The summed E-state index contributed by atoms with van der Waals surface area (Å²) in [5.41, 5.74) is 7.05. The van der Waals surface area contributed by atoms with Gasteiger partial charge in [-0.05, 0) is 23.3 Å². The van der Waals surface area contributed by atoms with Crippen LogP contribution >= 0.6 is 12.6 Å². The molecule has 0 unspecified atom stereocenters. The fourth-order valence-corrected chi connectivity index (χ4v) is 4.34. The second kappa shape index (κ2) is 9.09. The van der Waals surface area contributed by atoms with E-state index in [-0.39, 0.29) is 11.9 Å². The molecule has 1 aliphatic rings. The molecule has 0 bridgehead atoms. The molecule has 1 aliphatic heterocycles. The molecule has 2 N–H and O–H groups in total. The highest BCUT2D eigenvalue weighted by Gasteiger charge is 2.35. The van der Waals surface area contributed by atoms with Crippen LogP contribution in [-0.4, -0.2) is 66.4 Å². The zero-order valence-electron chi connectivity index (χ0n) is 16.3. The summed E-state index contributed by atoms with van der Waals surface area (Å²) in [5.74, 6) is 0.865. The van der Waals surface area contributed by atoms with Gasteiger partial charge in [0.15, 0.2) is 0 Å². The van der Waals surface area contributed by atoms with Crippen LogP contribution in [0, 0.1) is 0 Å². The zero-order valence-corrected chi connectivity index (χ0v) is 17.2. The summed E-state index contributed by atoms with van der Waals surface area (Å²) in [6, 6.07) is 14.2. The Labute approximate surface area is 168 Å². The van der Waals surface area contributed by atoms with Gasteiger partial charge in [0.2, 0.25) is 0 Å². The lowest BCUT2D eigenvalue weighted by Crippen LogP contribution is -2.64. The summed E-state index contributed by atoms with van der Waals surface area (Å²) in [4.78, 5) is 15.2. The van der Waals surface area contributed by atoms with Gasteiger partial charge in [0.05, 0.1) is 45.3 Å². The third kappa shape index (κ3) is 4.65. The normalized spacial score (nSPS) is 17.8. The molecule has 27 heavy (non-hydrogen) atoms. The lowest BCUT2D eigenvalue weighted by Gasteiger charge is -2.46. The van der Waals surface area contributed by atoms with Gasteiger partial charge in [0.1, 0.15) is 0 Å². The molecule has 146 valence electrons. The number of benzene rings is 2. The Morgan fingerprint density at radius 3 is 2.59 bits per heavy atom. The summed E-state index contributed by atoms with van der Waals surface area (Å²) < 4.78 is 1.02. The lowest BCUT2D eigenvalue weighted by atomic mass is 10.0. The molecular weight excluding hydrogens is 354 g/mol. The number of thiol groups is 1. The molecule has 0 spiro atoms. The Hall–Kier alpha value is -1.56. The minimum absolute atomic E-state index is 0.116. The third-order valence-corrected chi connectivity index (χ3v) is 6.31. The molecule has 1 amide bonds. The molecule has 0 aliphatic carbocycles. The number of rotatable bonds is 7. The van der Waals surface area contributed by atoms with Crippen LogP contribution in [0.4, 0.5) is 0 Å². The maximum atomic E-state index is 13.2. The predicted molar refractivity (Wildman–Crippen MR) is 116 cm³/mol. The number of fused-ring (bicyclic) bond motifs is 1. The average molecular weight is 387 g/mol. The van der Waals surface area contributed by atoms with Crippen molar-refractivity contribution in [2.45, 2.75) is 25.8 Å². The highest BCUT2D eigenvalue weighted by Crippen LogP contribution is 2.22. The van der Waals surface area contributed by atoms with E-state index in [9.17, 15) is 4.79 Å². The number of nitrogens with zero attached hydrogens (tertiary/aromatic N) is 2. The molecular formula is C22H32N3OS+. The van der Waals surface area contributed by atoms with E-state index < -0.39 is 0 Å². The van der Waals surface area contributed by atoms with E-state index in [1.54, 1.807) is 0 Å². The smallest absolute Gasteiger partial charge is 0.254 e. The minimum atomic E-state index is 0.116. The van der Waals surface area contributed by atoms with Gasteiger partial charge in [-0.1, -0.05) is 49.7 Å². The van der Waals surface area contributed by atoms with Crippen LogP contribution in [0.5, 0.6) is 0 Å². The molecule has 1 saturated heterocycles. The number of nitrogens with two attached hydrogens (primary N) is 1. The van der Waals surface area contributed by atoms with Crippen molar-refractivity contribution < 1.29 is 9.28 Å². The zero-order chi connectivity index (χ0) is 19.3. The number of carbonyl (C=O) groups is 1. The monoisotopic (exact) mass is 386 g/mol. The Bertz CT molecular complexity index is 766. The average Bonchev–Trinajstić information content (AvgIpc) is 2.72. The molecule has 1 heterocycles. The van der Waals surface area contributed by atoms with Crippen molar-refractivity contribution in [1.82, 2.24) is 4.90 Å². The molecule has 1 fully saturated rings. The van der Waals surface area contributed by atoms with Crippen LogP contribution in [0.15, 0.2) is 42.5 Å². The van der Waals surface area contributed by atoms with Crippen molar-refractivity contribution >= 4 is 29.3 Å². The number of hydrogen-bond donors (Lipinski definition) is 2. The molecule has 2 aromatic carbocycles. The number of unbranched alkanes of at least 4 members (excludes halogenated alkanes) is 1. The first-order valence-electron chi connectivity index (χ1n) is 10.1.